The van der Waals surface area contributed by atoms with Crippen molar-refractivity contribution in [1.29, 1.82) is 0 Å². The molecule has 0 saturated heterocycles. The van der Waals surface area contributed by atoms with E-state index in [2.05, 4.69) is 24.7 Å². The van der Waals surface area contributed by atoms with Crippen molar-refractivity contribution in [2.75, 3.05) is 6.61 Å². The lowest BCUT2D eigenvalue weighted by molar-refractivity contribution is -0.601. The molecule has 128 valence electrons. The minimum atomic E-state index is -4.66. The zero-order valence-corrected chi connectivity index (χ0v) is 14.7. The van der Waals surface area contributed by atoms with Crippen molar-refractivity contribution < 1.29 is 22.6 Å². The molecule has 0 aliphatic rings. The third-order valence-corrected chi connectivity index (χ3v) is 5.20. The van der Waals surface area contributed by atoms with Gasteiger partial charge in [0, 0.05) is 14.7 Å². The molecule has 2 rings (SSSR count). The zero-order chi connectivity index (χ0) is 17.4. The number of hydrogen-bond acceptors (Lipinski definition) is 3. The molecule has 0 aromatic carbocycles. The van der Waals surface area contributed by atoms with E-state index in [1.165, 1.54) is 0 Å². The lowest BCUT2D eigenvalue weighted by Gasteiger charge is -2.15. The van der Waals surface area contributed by atoms with Crippen LogP contribution in [0.4, 0.5) is 13.2 Å². The Morgan fingerprint density at radius 2 is 2.04 bits per heavy atom. The van der Waals surface area contributed by atoms with Gasteiger partial charge < -0.3 is 9.94 Å². The van der Waals surface area contributed by atoms with Crippen molar-refractivity contribution in [2.24, 2.45) is 0 Å². The fourth-order valence-electron chi connectivity index (χ4n) is 1.96. The van der Waals surface area contributed by atoms with Crippen molar-refractivity contribution in [3.8, 4) is 0 Å². The molecule has 23 heavy (non-hydrogen) atoms. The molecule has 0 unspecified atom stereocenters. The first kappa shape index (κ1) is 18.0. The van der Waals surface area contributed by atoms with Gasteiger partial charge in [-0.15, -0.1) is 0 Å². The average molecular weight is 368 g/mol. The van der Waals surface area contributed by atoms with Crippen LogP contribution in [0.1, 0.15) is 5.69 Å². The van der Waals surface area contributed by atoms with Crippen LogP contribution in [0.5, 0.6) is 0 Å². The second-order valence-corrected chi connectivity index (χ2v) is 12.4. The molecule has 0 atom stereocenters. The van der Waals surface area contributed by atoms with Crippen LogP contribution in [0.15, 0.2) is 12.3 Å². The molecule has 2 heterocycles. The van der Waals surface area contributed by atoms with Gasteiger partial charge in [-0.05, 0) is 17.6 Å². The topological polar surface area (TPSA) is 54.0 Å². The van der Waals surface area contributed by atoms with Crippen molar-refractivity contribution in [3.05, 3.63) is 28.3 Å². The van der Waals surface area contributed by atoms with Crippen LogP contribution in [-0.2, 0) is 17.6 Å². The van der Waals surface area contributed by atoms with Gasteiger partial charge in [0.05, 0.1) is 17.0 Å². The number of rotatable bonds is 5. The molecule has 0 aliphatic carbocycles. The molecule has 0 amide bonds. The van der Waals surface area contributed by atoms with Gasteiger partial charge in [-0.3, -0.25) is 0 Å². The first-order valence-corrected chi connectivity index (χ1v) is 11.0. The number of alkyl halides is 3. The van der Waals surface area contributed by atoms with Crippen LogP contribution in [0, 0.1) is 5.21 Å². The second-order valence-electron chi connectivity index (χ2n) is 6.41. The summed E-state index contributed by atoms with van der Waals surface area (Å²) >= 11 is 5.70. The lowest BCUT2D eigenvalue weighted by Crippen LogP contribution is -2.26. The normalized spacial score (nSPS) is 13.0. The van der Waals surface area contributed by atoms with Crippen molar-refractivity contribution in [3.63, 3.8) is 0 Å². The molecule has 5 nitrogen and oxygen atoms in total. The molecule has 0 N–H and O–H groups in total. The van der Waals surface area contributed by atoms with Crippen molar-refractivity contribution in [1.82, 2.24) is 9.78 Å². The number of aromatic nitrogens is 3. The Balaban J connectivity index is 2.31. The van der Waals surface area contributed by atoms with E-state index in [4.69, 9.17) is 16.3 Å². The predicted octanol–water partition coefficient (Wildman–Crippen LogP) is 3.65. The molecule has 0 bridgehead atoms. The monoisotopic (exact) mass is 367 g/mol. The molecule has 2 aromatic rings. The minimum absolute atomic E-state index is 0.113. The van der Waals surface area contributed by atoms with E-state index in [0.29, 0.717) is 6.61 Å². The van der Waals surface area contributed by atoms with Crippen LogP contribution < -0.4 is 4.73 Å². The Kier molecular flexibility index (Phi) is 4.93. The summed E-state index contributed by atoms with van der Waals surface area (Å²) in [5.41, 5.74) is -1.01. The summed E-state index contributed by atoms with van der Waals surface area (Å²) in [7, 11) is -1.29. The summed E-state index contributed by atoms with van der Waals surface area (Å²) in [6, 6.07) is 2.05. The van der Waals surface area contributed by atoms with Gasteiger partial charge in [0.15, 0.2) is 11.9 Å². The van der Waals surface area contributed by atoms with Crippen LogP contribution in [-0.4, -0.2) is 24.5 Å². The largest absolute Gasteiger partial charge is 0.618 e. The maximum atomic E-state index is 13.1. The Bertz CT molecular complexity index is 713. The standard InChI is InChI=1S/C13H17ClF3N3O2Si/c1-23(2,3)5-4-22-8-19-10-6-11(14)20(21)7-9(10)12(18-19)13(15,16)17/h6-7H,4-5,8H2,1-3H3. The van der Waals surface area contributed by atoms with Gasteiger partial charge >= 0.3 is 6.18 Å². The van der Waals surface area contributed by atoms with Gasteiger partial charge in [0.2, 0.25) is 0 Å². The van der Waals surface area contributed by atoms with Crippen LogP contribution >= 0.6 is 11.6 Å². The summed E-state index contributed by atoms with van der Waals surface area (Å²) in [6.07, 6.45) is -3.88. The summed E-state index contributed by atoms with van der Waals surface area (Å²) < 4.78 is 45.9. The third kappa shape index (κ3) is 4.36. The molecule has 0 radical (unpaired) electrons. The van der Waals surface area contributed by atoms with E-state index in [-0.39, 0.29) is 27.5 Å². The Morgan fingerprint density at radius 1 is 1.39 bits per heavy atom. The van der Waals surface area contributed by atoms with E-state index in [1.807, 2.05) is 0 Å². The number of hydrogen-bond donors (Lipinski definition) is 0. The van der Waals surface area contributed by atoms with Crippen LogP contribution in [0.3, 0.4) is 0 Å². The molecule has 2 aromatic heterocycles. The first-order chi connectivity index (χ1) is 10.5. The van der Waals surface area contributed by atoms with Gasteiger partial charge in [-0.1, -0.05) is 19.6 Å². The van der Waals surface area contributed by atoms with Crippen LogP contribution in [0.25, 0.3) is 10.9 Å². The van der Waals surface area contributed by atoms with Crippen molar-refractivity contribution >= 4 is 30.6 Å². The summed E-state index contributed by atoms with van der Waals surface area (Å²) in [5.74, 6) is 0. The number of ether oxygens (including phenoxy) is 1. The van der Waals surface area contributed by atoms with Gasteiger partial charge in [-0.25, -0.2) is 4.68 Å². The Hall–Kier alpha value is -1.32. The Morgan fingerprint density at radius 3 is 2.61 bits per heavy atom. The predicted molar refractivity (Wildman–Crippen MR) is 82.8 cm³/mol. The smallest absolute Gasteiger partial charge is 0.436 e. The van der Waals surface area contributed by atoms with Gasteiger partial charge in [0.25, 0.3) is 5.15 Å². The number of nitrogens with zero attached hydrogens (tertiary/aromatic N) is 3. The summed E-state index contributed by atoms with van der Waals surface area (Å²) in [5, 5.41) is 14.5. The molecule has 0 fully saturated rings. The van der Waals surface area contributed by atoms with Crippen molar-refractivity contribution in [2.45, 2.75) is 38.6 Å². The molecule has 0 saturated carbocycles. The molecule has 0 spiro atoms. The average Bonchev–Trinajstić information content (AvgIpc) is 2.72. The fourth-order valence-corrected chi connectivity index (χ4v) is 2.87. The second kappa shape index (κ2) is 6.29. The molecule has 0 aliphatic heterocycles. The van der Waals surface area contributed by atoms with E-state index in [1.54, 1.807) is 0 Å². The first-order valence-electron chi connectivity index (χ1n) is 6.93. The minimum Gasteiger partial charge on any atom is -0.618 e. The SMILES string of the molecule is C[Si](C)(C)CCOCn1nc(C(F)(F)F)c2c[n+]([O-])c(Cl)cc21. The maximum absolute atomic E-state index is 13.1. The van der Waals surface area contributed by atoms with E-state index in [0.717, 1.165) is 23.0 Å². The molecule has 10 heteroatoms. The highest BCUT2D eigenvalue weighted by molar-refractivity contribution is 6.76. The van der Waals surface area contributed by atoms with E-state index < -0.39 is 19.9 Å². The van der Waals surface area contributed by atoms with Gasteiger partial charge in [0.1, 0.15) is 6.73 Å². The number of fused-ring (bicyclic) bond motifs is 1. The molecular formula is C13H17ClF3N3O2Si. The fraction of sp³-hybridized carbons (Fsp3) is 0.538. The highest BCUT2D eigenvalue weighted by Crippen LogP contribution is 2.34. The quantitative estimate of drug-likeness (QED) is 0.266. The van der Waals surface area contributed by atoms with E-state index in [9.17, 15) is 18.4 Å². The number of halogens is 4. The maximum Gasteiger partial charge on any atom is 0.436 e. The highest BCUT2D eigenvalue weighted by atomic mass is 35.5. The molecular weight excluding hydrogens is 351 g/mol. The Labute approximate surface area is 137 Å². The summed E-state index contributed by atoms with van der Waals surface area (Å²) in [4.78, 5) is 0. The summed E-state index contributed by atoms with van der Waals surface area (Å²) in [6.45, 7) is 6.84. The zero-order valence-electron chi connectivity index (χ0n) is 12.9. The third-order valence-electron chi connectivity index (χ3n) is 3.22. The van der Waals surface area contributed by atoms with Crippen LogP contribution in [0.2, 0.25) is 30.8 Å². The lowest BCUT2D eigenvalue weighted by atomic mass is 10.2. The number of pyridine rings is 1. The van der Waals surface area contributed by atoms with Gasteiger partial charge in [-0.2, -0.15) is 23.0 Å². The van der Waals surface area contributed by atoms with E-state index >= 15 is 0 Å². The highest BCUT2D eigenvalue weighted by Gasteiger charge is 2.38.